The highest BCUT2D eigenvalue weighted by atomic mass is 35.5. The summed E-state index contributed by atoms with van der Waals surface area (Å²) in [5.74, 6) is 1.21. The van der Waals surface area contributed by atoms with Gasteiger partial charge in [0, 0.05) is 16.5 Å². The quantitative estimate of drug-likeness (QED) is 0.808. The smallest absolute Gasteiger partial charge is 0.323 e. The minimum Gasteiger partial charge on any atom is -0.468 e. The van der Waals surface area contributed by atoms with Crippen LogP contribution in [0.1, 0.15) is 5.56 Å². The van der Waals surface area contributed by atoms with Gasteiger partial charge in [-0.15, -0.1) is 0 Å². The van der Waals surface area contributed by atoms with Crippen LogP contribution < -0.4 is 5.32 Å². The lowest BCUT2D eigenvalue weighted by molar-refractivity contribution is -0.142. The van der Waals surface area contributed by atoms with Crippen molar-refractivity contribution < 1.29 is 9.53 Å². The third kappa shape index (κ3) is 4.58. The molecular weight excluding hydrogens is 258 g/mol. The number of carbonyl (C=O) groups is 1. The fourth-order valence-corrected chi connectivity index (χ4v) is 2.72. The molecule has 0 aliphatic rings. The molecule has 0 aromatic heterocycles. The number of methoxy groups -OCH3 is 1. The number of hydrogen-bond acceptors (Lipinski definition) is 4. The van der Waals surface area contributed by atoms with E-state index in [1.165, 1.54) is 7.11 Å². The van der Waals surface area contributed by atoms with Gasteiger partial charge in [-0.3, -0.25) is 4.79 Å². The van der Waals surface area contributed by atoms with E-state index in [4.69, 9.17) is 11.6 Å². The minimum absolute atomic E-state index is 0.237. The first-order valence-electron chi connectivity index (χ1n) is 5.25. The zero-order valence-corrected chi connectivity index (χ0v) is 11.5. The Kier molecular flexibility index (Phi) is 6.40. The van der Waals surface area contributed by atoms with Crippen LogP contribution in [0.5, 0.6) is 0 Å². The number of esters is 1. The molecule has 0 fully saturated rings. The van der Waals surface area contributed by atoms with Crippen molar-refractivity contribution in [2.24, 2.45) is 0 Å². The molecule has 0 amide bonds. The molecule has 0 bridgehead atoms. The van der Waals surface area contributed by atoms with Crippen molar-refractivity contribution in [3.05, 3.63) is 34.9 Å². The fourth-order valence-electron chi connectivity index (χ4n) is 1.31. The normalized spacial score (nSPS) is 12.2. The first-order valence-corrected chi connectivity index (χ1v) is 6.78. The van der Waals surface area contributed by atoms with Gasteiger partial charge >= 0.3 is 5.97 Å². The lowest BCUT2D eigenvalue weighted by Crippen LogP contribution is -2.37. The maximum atomic E-state index is 11.3. The molecule has 0 spiro atoms. The lowest BCUT2D eigenvalue weighted by atomic mass is 10.2. The van der Waals surface area contributed by atoms with Gasteiger partial charge in [0.1, 0.15) is 6.04 Å². The average molecular weight is 274 g/mol. The standard InChI is InChI=1S/C12H16ClNO2S/c1-14-11(12(15)16-2)8-17-7-9-5-3-4-6-10(9)13/h3-6,11,14H,7-8H2,1-2H3. The van der Waals surface area contributed by atoms with Crippen LogP contribution in [-0.2, 0) is 15.3 Å². The van der Waals surface area contributed by atoms with Gasteiger partial charge in [-0.05, 0) is 18.7 Å². The Morgan fingerprint density at radius 2 is 2.24 bits per heavy atom. The van der Waals surface area contributed by atoms with Gasteiger partial charge in [-0.1, -0.05) is 29.8 Å². The van der Waals surface area contributed by atoms with Gasteiger partial charge in [0.2, 0.25) is 0 Å². The Hall–Kier alpha value is -0.710. The van der Waals surface area contributed by atoms with Crippen LogP contribution in [-0.4, -0.2) is 31.9 Å². The zero-order chi connectivity index (χ0) is 12.7. The molecule has 1 unspecified atom stereocenters. The molecule has 0 radical (unpaired) electrons. The molecular formula is C12H16ClNO2S. The number of rotatable bonds is 6. The van der Waals surface area contributed by atoms with Crippen LogP contribution in [0.2, 0.25) is 5.02 Å². The molecule has 0 saturated carbocycles. The zero-order valence-electron chi connectivity index (χ0n) is 9.90. The predicted molar refractivity (Wildman–Crippen MR) is 72.5 cm³/mol. The third-order valence-electron chi connectivity index (χ3n) is 2.33. The van der Waals surface area contributed by atoms with E-state index in [-0.39, 0.29) is 12.0 Å². The van der Waals surface area contributed by atoms with E-state index in [2.05, 4.69) is 10.1 Å². The SMILES string of the molecule is CNC(CSCc1ccccc1Cl)C(=O)OC. The predicted octanol–water partition coefficient (Wildman–Crippen LogP) is 2.33. The second kappa shape index (κ2) is 7.58. The Balaban J connectivity index is 2.42. The van der Waals surface area contributed by atoms with Gasteiger partial charge in [0.15, 0.2) is 0 Å². The van der Waals surface area contributed by atoms with Crippen molar-refractivity contribution in [2.75, 3.05) is 19.9 Å². The van der Waals surface area contributed by atoms with Crippen LogP contribution >= 0.6 is 23.4 Å². The summed E-state index contributed by atoms with van der Waals surface area (Å²) in [6.45, 7) is 0. The van der Waals surface area contributed by atoms with Crippen molar-refractivity contribution in [2.45, 2.75) is 11.8 Å². The highest BCUT2D eigenvalue weighted by Crippen LogP contribution is 2.21. The van der Waals surface area contributed by atoms with Crippen LogP contribution in [0.4, 0.5) is 0 Å². The van der Waals surface area contributed by atoms with E-state index in [0.717, 1.165) is 16.3 Å². The topological polar surface area (TPSA) is 38.3 Å². The van der Waals surface area contributed by atoms with Gasteiger partial charge in [-0.25, -0.2) is 0 Å². The van der Waals surface area contributed by atoms with Crippen molar-refractivity contribution >= 4 is 29.3 Å². The highest BCUT2D eigenvalue weighted by Gasteiger charge is 2.16. The molecule has 0 saturated heterocycles. The summed E-state index contributed by atoms with van der Waals surface area (Å²) in [5, 5.41) is 3.69. The Labute approximate surface area is 111 Å². The van der Waals surface area contributed by atoms with Crippen molar-refractivity contribution in [1.82, 2.24) is 5.32 Å². The Bertz CT molecular complexity index is 373. The molecule has 17 heavy (non-hydrogen) atoms. The van der Waals surface area contributed by atoms with Crippen molar-refractivity contribution in [1.29, 1.82) is 0 Å². The molecule has 5 heteroatoms. The van der Waals surface area contributed by atoms with E-state index < -0.39 is 0 Å². The van der Waals surface area contributed by atoms with Crippen molar-refractivity contribution in [3.63, 3.8) is 0 Å². The molecule has 1 rings (SSSR count). The first-order chi connectivity index (χ1) is 8.19. The van der Waals surface area contributed by atoms with Gasteiger partial charge in [0.05, 0.1) is 7.11 Å². The molecule has 0 heterocycles. The van der Waals surface area contributed by atoms with Crippen LogP contribution in [0.15, 0.2) is 24.3 Å². The lowest BCUT2D eigenvalue weighted by Gasteiger charge is -2.13. The molecule has 0 aliphatic carbocycles. The van der Waals surface area contributed by atoms with E-state index in [1.807, 2.05) is 24.3 Å². The van der Waals surface area contributed by atoms with E-state index in [1.54, 1.807) is 18.8 Å². The number of halogens is 1. The summed E-state index contributed by atoms with van der Waals surface area (Å²) in [6, 6.07) is 7.45. The van der Waals surface area contributed by atoms with Gasteiger partial charge in [-0.2, -0.15) is 11.8 Å². The van der Waals surface area contributed by atoms with Crippen LogP contribution in [0, 0.1) is 0 Å². The second-order valence-corrected chi connectivity index (χ2v) is 4.91. The minimum atomic E-state index is -0.271. The summed E-state index contributed by atoms with van der Waals surface area (Å²) in [4.78, 5) is 11.3. The first kappa shape index (κ1) is 14.4. The second-order valence-electron chi connectivity index (χ2n) is 3.47. The van der Waals surface area contributed by atoms with E-state index in [9.17, 15) is 4.79 Å². The number of carbonyl (C=O) groups excluding carboxylic acids is 1. The number of ether oxygens (including phenoxy) is 1. The molecule has 1 aromatic rings. The highest BCUT2D eigenvalue weighted by molar-refractivity contribution is 7.98. The number of likely N-dealkylation sites (N-methyl/N-ethyl adjacent to an activating group) is 1. The molecule has 0 aliphatic heterocycles. The van der Waals surface area contributed by atoms with E-state index in [0.29, 0.717) is 5.75 Å². The Morgan fingerprint density at radius 3 is 2.82 bits per heavy atom. The molecule has 3 nitrogen and oxygen atoms in total. The molecule has 1 N–H and O–H groups in total. The number of thioether (sulfide) groups is 1. The molecule has 94 valence electrons. The summed E-state index contributed by atoms with van der Waals surface area (Å²) >= 11 is 7.69. The van der Waals surface area contributed by atoms with Crippen LogP contribution in [0.25, 0.3) is 0 Å². The average Bonchev–Trinajstić information content (AvgIpc) is 2.36. The molecule has 1 aromatic carbocycles. The van der Waals surface area contributed by atoms with Gasteiger partial charge in [0.25, 0.3) is 0 Å². The number of hydrogen-bond donors (Lipinski definition) is 1. The monoisotopic (exact) mass is 273 g/mol. The maximum Gasteiger partial charge on any atom is 0.323 e. The van der Waals surface area contributed by atoms with Gasteiger partial charge < -0.3 is 10.1 Å². The third-order valence-corrected chi connectivity index (χ3v) is 3.79. The largest absolute Gasteiger partial charge is 0.468 e. The molecule has 1 atom stereocenters. The van der Waals surface area contributed by atoms with Crippen LogP contribution in [0.3, 0.4) is 0 Å². The fraction of sp³-hybridized carbons (Fsp3) is 0.417. The number of benzene rings is 1. The summed E-state index contributed by atoms with van der Waals surface area (Å²) in [6.07, 6.45) is 0. The Morgan fingerprint density at radius 1 is 1.53 bits per heavy atom. The van der Waals surface area contributed by atoms with Crippen molar-refractivity contribution in [3.8, 4) is 0 Å². The summed E-state index contributed by atoms with van der Waals surface area (Å²) in [7, 11) is 3.14. The maximum absolute atomic E-state index is 11.3. The summed E-state index contributed by atoms with van der Waals surface area (Å²) < 4.78 is 4.69. The number of nitrogens with one attached hydrogen (secondary N) is 1. The summed E-state index contributed by atoms with van der Waals surface area (Å²) in [5.41, 5.74) is 1.08. The van der Waals surface area contributed by atoms with E-state index >= 15 is 0 Å².